The van der Waals surface area contributed by atoms with Gasteiger partial charge in [0.2, 0.25) is 23.8 Å². The van der Waals surface area contributed by atoms with Crippen LogP contribution in [0.3, 0.4) is 0 Å². The number of hydrogen-bond acceptors (Lipinski definition) is 32. The van der Waals surface area contributed by atoms with Gasteiger partial charge in [0, 0.05) is 95.3 Å². The van der Waals surface area contributed by atoms with Crippen molar-refractivity contribution in [3.05, 3.63) is 178 Å². The van der Waals surface area contributed by atoms with Crippen molar-refractivity contribution in [3.63, 3.8) is 0 Å². The molecule has 0 fully saturated rings. The molecule has 0 bridgehead atoms. The Morgan fingerprint density at radius 3 is 1.12 bits per heavy atom. The van der Waals surface area contributed by atoms with E-state index in [-0.39, 0.29) is 129 Å². The number of nitrogens with zero attached hydrogens (tertiary/aromatic N) is 11. The van der Waals surface area contributed by atoms with Gasteiger partial charge in [-0.05, 0) is 197 Å². The number of unbranched alkanes of at least 4 members (excludes halogenated alkanes) is 3. The van der Waals surface area contributed by atoms with E-state index in [4.69, 9.17) is 89.8 Å². The molecular weight excluding hydrogens is 1690 g/mol. The summed E-state index contributed by atoms with van der Waals surface area (Å²) in [5.74, 6) is 4.15. The number of aryl methyl sites for hydroxylation is 4. The molecule has 0 saturated heterocycles. The van der Waals surface area contributed by atoms with Gasteiger partial charge in [0.25, 0.3) is 0 Å². The Hall–Kier alpha value is -10.3. The minimum Gasteiger partial charge on any atom is -1.00 e. The Morgan fingerprint density at radius 2 is 0.789 bits per heavy atom. The predicted octanol–water partition coefficient (Wildman–Crippen LogP) is 10.6. The van der Waals surface area contributed by atoms with Gasteiger partial charge in [-0.2, -0.15) is 15.2 Å². The first-order valence-electron chi connectivity index (χ1n) is 41.9. The Bertz CT molecular complexity index is 4970. The van der Waals surface area contributed by atoms with Crippen molar-refractivity contribution < 1.29 is 87.6 Å². The second-order valence-electron chi connectivity index (χ2n) is 33.1. The number of aliphatic hydroxyl groups is 2. The summed E-state index contributed by atoms with van der Waals surface area (Å²) >= 11 is 12.3. The van der Waals surface area contributed by atoms with Crippen LogP contribution in [-0.2, 0) is 78.6 Å². The minimum absolute atomic E-state index is 0. The van der Waals surface area contributed by atoms with Crippen LogP contribution in [0.2, 0.25) is 10.3 Å². The average molecular weight is 1820 g/mol. The van der Waals surface area contributed by atoms with Crippen LogP contribution in [0.5, 0.6) is 23.0 Å². The number of hydrogen-bond donors (Lipinski definition) is 10. The molecule has 0 aliphatic heterocycles. The molecule has 0 spiro atoms. The normalized spacial score (nSPS) is 11.7. The molecule has 0 unspecified atom stereocenters. The molecule has 5 aromatic heterocycles. The zero-order valence-electron chi connectivity index (χ0n) is 79.0. The number of nitrogens with one attached hydrogen (secondary N) is 3. The molecule has 0 aliphatic carbocycles. The molecular formula is C91H135AlCl2LiN19O14. The molecule has 9 rings (SSSR count). The minimum atomic E-state index is -0.545. The van der Waals surface area contributed by atoms with Crippen molar-refractivity contribution in [2.45, 2.75) is 268 Å². The summed E-state index contributed by atoms with van der Waals surface area (Å²) in [5, 5.41) is 40.6. The van der Waals surface area contributed by atoms with Gasteiger partial charge in [-0.3, -0.25) is 14.4 Å². The topological polar surface area (TPSA) is 494 Å². The number of aliphatic hydroxyl groups excluding tert-OH is 2. The van der Waals surface area contributed by atoms with Gasteiger partial charge >= 0.3 is 42.7 Å². The summed E-state index contributed by atoms with van der Waals surface area (Å²) in [6, 6.07) is 21.8. The number of esters is 4. The molecule has 37 heteroatoms. The molecule has 0 saturated carbocycles. The smallest absolute Gasteiger partial charge is 1.00 e. The van der Waals surface area contributed by atoms with Crippen LogP contribution in [0.4, 0.5) is 35.4 Å². The molecule has 696 valence electrons. The molecule has 33 nitrogen and oxygen atoms in total. The van der Waals surface area contributed by atoms with Crippen LogP contribution in [0, 0.1) is 27.7 Å². The van der Waals surface area contributed by atoms with E-state index in [0.717, 1.165) is 148 Å². The quantitative estimate of drug-likeness (QED) is 0.00754. The van der Waals surface area contributed by atoms with Crippen LogP contribution in [0.15, 0.2) is 72.8 Å². The van der Waals surface area contributed by atoms with E-state index >= 15 is 0 Å². The number of H-pyrrole nitrogens is 1. The van der Waals surface area contributed by atoms with E-state index in [1.54, 1.807) is 53.6 Å². The summed E-state index contributed by atoms with van der Waals surface area (Å²) in [6.07, 6.45) is 11.8. The van der Waals surface area contributed by atoms with E-state index in [9.17, 15) is 29.4 Å². The monoisotopic (exact) mass is 1820 g/mol. The maximum atomic E-state index is 12.6. The fraction of sp³-hybridized carbons (Fsp3) is 0.505. The van der Waals surface area contributed by atoms with Gasteiger partial charge in [0.05, 0.1) is 73.6 Å². The third-order valence-electron chi connectivity index (χ3n) is 19.1. The number of nitrogens with two attached hydrogens (primary N) is 5. The van der Waals surface area contributed by atoms with E-state index in [1.165, 1.54) is 7.11 Å². The van der Waals surface area contributed by atoms with E-state index in [0.29, 0.717) is 83.9 Å². The summed E-state index contributed by atoms with van der Waals surface area (Å²) in [7, 11) is 7.76. The Kier molecular flexibility index (Phi) is 48.0. The number of halogens is 2. The number of anilines is 6. The van der Waals surface area contributed by atoms with E-state index in [2.05, 4.69) is 98.0 Å². The summed E-state index contributed by atoms with van der Waals surface area (Å²) < 4.78 is 42.8. The number of carbonyl (C=O) groups excluding carboxylic acids is 4. The van der Waals surface area contributed by atoms with E-state index < -0.39 is 22.8 Å². The largest absolute Gasteiger partial charge is 1.00 e. The molecule has 0 amide bonds. The number of nitrogen functional groups attached to an aromatic ring is 4. The molecule has 3 atom stereocenters. The SMILES string of the molecule is CCCC[C@@H](CC(=O)OC(C)(C)C)Nc1nc(N)nc(C)c1Cc1cc(CO)ccc1OC.CCCC[C@@H](CC(=O)OC(C)(C)C)Nc1nc(N)nc(C)c1Cc1cc(Cc2nn[nH]n2)ccc1OC.CCCC[C@H](N)CC(=O)OC(C)(C)C.COC(=O)c1ccc(OC)c(Cc2c(C)nc(N)nc2Cl)c1.COc1ccc(CO)cc1Cc1c(C)nc(N)nc1Cl.[AlH3].[H-].[Li+]. The number of ether oxygens (including phenoxy) is 8. The second kappa shape index (κ2) is 54.9. The number of aromatic amines is 1. The molecule has 15 N–H and O–H groups in total. The van der Waals surface area contributed by atoms with Crippen molar-refractivity contribution in [3.8, 4) is 23.0 Å². The van der Waals surface area contributed by atoms with E-state index in [1.807, 2.05) is 132 Å². The van der Waals surface area contributed by atoms with Gasteiger partial charge in [-0.15, -0.1) is 10.2 Å². The summed E-state index contributed by atoms with van der Waals surface area (Å²) in [6.45, 7) is 30.5. The van der Waals surface area contributed by atoms with Crippen LogP contribution in [0.1, 0.15) is 262 Å². The van der Waals surface area contributed by atoms with Gasteiger partial charge in [0.1, 0.15) is 61.7 Å². The number of tetrazole rings is 1. The number of methoxy groups -OCH3 is 5. The van der Waals surface area contributed by atoms with Crippen molar-refractivity contribution in [1.82, 2.24) is 60.5 Å². The molecule has 128 heavy (non-hydrogen) atoms. The average Bonchev–Trinajstić information content (AvgIpc) is 0.884. The molecule has 0 radical (unpaired) electrons. The standard InChI is InChI=1S/C26H38N8O3.C25H38N4O4.C15H16ClN3O3.C14H16ClN3O2.C11H23NO2.Al.Li.4H/c1-7-8-9-19(15-23(35)37-26(3,4)5)29-24-20(16(2)28-25(27)30-24)14-18-12-17(10-11-21(18)36-6)13-22-31-33-34-32-22;1-7-8-9-19(14-22(31)33-25(3,4)5)28-23-20(16(2)27-24(26)29-23)13-18-12-17(15-30)10-11-21(18)32-6;1-8-11(13(16)19-15(17)18-8)7-10-6-9(14(20)22-3)4-5-12(10)21-2;1-8-11(13(15)18-14(16)17-8)6-10-5-9(7-19)3-4-12(10)20-2;1-5-6-7-9(12)8-10(13)14-11(2,3)4;;;;;;/h10-12,19H,7-9,13-15H2,1-6H3,(H3,27,28,29,30)(H,31,32,33,34);10-12,19,30H,7-9,13-15H2,1-6H3,(H3,26,27,28,29);4-6H,7H2,1-3H3,(H2,17,18,19);3-5,19H,6-7H2,1-2H3,(H2,16,17,18);9H,5-8,12H2,1-4H3;;;;;;/q;;;;;;+1;;;;-1/t2*19-;;;9-;;;;;;/m00..0....../s1. The summed E-state index contributed by atoms with van der Waals surface area (Å²) in [4.78, 5) is 82.1. The number of aromatic nitrogens is 12. The van der Waals surface area contributed by atoms with Gasteiger partial charge in [0.15, 0.2) is 23.2 Å². The van der Waals surface area contributed by atoms with Gasteiger partial charge in [-0.25, -0.2) is 34.7 Å². The Morgan fingerprint density at radius 1 is 0.461 bits per heavy atom. The van der Waals surface area contributed by atoms with Crippen LogP contribution < -0.4 is 77.1 Å². The fourth-order valence-electron chi connectivity index (χ4n) is 13.1. The predicted molar refractivity (Wildman–Crippen MR) is 502 cm³/mol. The van der Waals surface area contributed by atoms with Crippen LogP contribution in [0.25, 0.3) is 0 Å². The zero-order chi connectivity index (χ0) is 93.8. The van der Waals surface area contributed by atoms with Crippen molar-refractivity contribution >= 4 is 99.9 Å². The second-order valence-corrected chi connectivity index (χ2v) is 33.8. The van der Waals surface area contributed by atoms with Gasteiger partial charge < -0.3 is 88.8 Å². The first kappa shape index (κ1) is 112. The molecule has 9 aromatic rings. The maximum Gasteiger partial charge on any atom is 1.00 e. The zero-order valence-corrected chi connectivity index (χ0v) is 79.5. The van der Waals surface area contributed by atoms with Crippen LogP contribution >= 0.6 is 23.2 Å². The first-order chi connectivity index (χ1) is 59.5. The van der Waals surface area contributed by atoms with Gasteiger partial charge in [-0.1, -0.05) is 112 Å². The molecule has 0 aliphatic rings. The Labute approximate surface area is 787 Å². The summed E-state index contributed by atoms with van der Waals surface area (Å²) in [5.41, 5.74) is 40.2. The van der Waals surface area contributed by atoms with Crippen molar-refractivity contribution in [1.29, 1.82) is 0 Å². The third kappa shape index (κ3) is 39.0. The Balaban J connectivity index is 0.000000563. The molecule has 5 heterocycles. The fourth-order valence-corrected chi connectivity index (χ4v) is 13.7. The van der Waals surface area contributed by atoms with Crippen LogP contribution in [-0.4, -0.2) is 182 Å². The number of benzene rings is 4. The first-order valence-corrected chi connectivity index (χ1v) is 42.7. The van der Waals surface area contributed by atoms with Crippen molar-refractivity contribution in [2.24, 2.45) is 5.73 Å². The molecule has 4 aromatic carbocycles. The third-order valence-corrected chi connectivity index (χ3v) is 19.7. The number of carbonyl (C=O) groups is 4. The number of rotatable bonds is 36. The maximum absolute atomic E-state index is 12.6. The van der Waals surface area contributed by atoms with Crippen molar-refractivity contribution in [2.75, 3.05) is 69.1 Å².